The summed E-state index contributed by atoms with van der Waals surface area (Å²) in [6, 6.07) is 3.58. The second-order valence-electron chi connectivity index (χ2n) is 9.49. The quantitative estimate of drug-likeness (QED) is 0.363. The molecule has 7 nitrogen and oxygen atoms in total. The lowest BCUT2D eigenvalue weighted by Gasteiger charge is -2.38. The third kappa shape index (κ3) is 7.35. The number of nitrogens with one attached hydrogen (secondary N) is 1. The molecular formula is C22H32BrFN2O5Si2. The molecule has 0 bridgehead atoms. The van der Waals surface area contributed by atoms with Crippen LogP contribution in [0.5, 0.6) is 0 Å². The van der Waals surface area contributed by atoms with Crippen molar-refractivity contribution in [1.82, 2.24) is 4.90 Å². The number of amides is 2. The van der Waals surface area contributed by atoms with Crippen molar-refractivity contribution in [2.45, 2.75) is 72.1 Å². The predicted molar refractivity (Wildman–Crippen MR) is 131 cm³/mol. The smallest absolute Gasteiger partial charge is 0.410 e. The minimum Gasteiger partial charge on any atom is -0.444 e. The van der Waals surface area contributed by atoms with E-state index in [2.05, 4.69) is 21.2 Å². The van der Waals surface area contributed by atoms with Crippen molar-refractivity contribution >= 4 is 53.1 Å². The van der Waals surface area contributed by atoms with E-state index in [0.29, 0.717) is 17.4 Å². The molecule has 4 radical (unpaired) electrons. The molecule has 33 heavy (non-hydrogen) atoms. The number of anilines is 1. The molecule has 1 heterocycles. The Balaban J connectivity index is 2.32. The third-order valence-corrected chi connectivity index (χ3v) is 6.92. The standard InChI is InChI=1S/C22H32BrFN2O5Si2/c1-21(2,3)29-20(28)26-12-13(22(4,5)19(30-32-6)31-33-7)10-17(26)18(27)25-16-9-8-14(23)11-15(16)24/h8-9,11,13,17,19H,10,12H2,1-7H3,(H,25,27)/t13-,17+/m0/s1. The first-order valence-electron chi connectivity index (χ1n) is 10.7. The maximum Gasteiger partial charge on any atom is 0.410 e. The molecule has 1 aliphatic heterocycles. The molecule has 1 saturated heterocycles. The lowest BCUT2D eigenvalue weighted by atomic mass is 9.77. The molecule has 0 aliphatic carbocycles. The number of ether oxygens (including phenoxy) is 1. The van der Waals surface area contributed by atoms with Gasteiger partial charge >= 0.3 is 6.09 Å². The number of nitrogens with zero attached hydrogens (tertiary/aromatic N) is 1. The number of likely N-dealkylation sites (tertiary alicyclic amines) is 1. The second-order valence-corrected chi connectivity index (χ2v) is 11.7. The molecule has 1 N–H and O–H groups in total. The van der Waals surface area contributed by atoms with E-state index in [1.54, 1.807) is 26.8 Å². The van der Waals surface area contributed by atoms with Gasteiger partial charge in [-0.2, -0.15) is 0 Å². The third-order valence-electron chi connectivity index (χ3n) is 5.53. The Bertz CT molecular complexity index is 847. The molecule has 182 valence electrons. The topological polar surface area (TPSA) is 77.1 Å². The molecule has 11 heteroatoms. The summed E-state index contributed by atoms with van der Waals surface area (Å²) >= 11 is 3.21. The predicted octanol–water partition coefficient (Wildman–Crippen LogP) is 4.87. The van der Waals surface area contributed by atoms with Crippen molar-refractivity contribution in [3.8, 4) is 0 Å². The zero-order valence-corrected chi connectivity index (χ0v) is 23.7. The molecule has 1 aromatic rings. The summed E-state index contributed by atoms with van der Waals surface area (Å²) in [7, 11) is 0.472. The number of carbonyl (C=O) groups is 2. The Morgan fingerprint density at radius 3 is 2.30 bits per heavy atom. The molecule has 1 fully saturated rings. The SMILES string of the molecule is C[Si]OC(O[Si]C)C(C)(C)[C@H]1C[C@H](C(=O)Nc2ccc(Br)cc2F)N(C(=O)OC(C)(C)C)C1. The summed E-state index contributed by atoms with van der Waals surface area (Å²) in [4.78, 5) is 27.7. The van der Waals surface area contributed by atoms with Gasteiger partial charge in [-0.25, -0.2) is 9.18 Å². The zero-order chi connectivity index (χ0) is 25.0. The normalized spacial score (nSPS) is 19.2. The van der Waals surface area contributed by atoms with E-state index in [1.807, 2.05) is 26.9 Å². The minimum atomic E-state index is -0.819. The summed E-state index contributed by atoms with van der Waals surface area (Å²) in [6.07, 6.45) is -0.676. The average Bonchev–Trinajstić information content (AvgIpc) is 3.15. The lowest BCUT2D eigenvalue weighted by Crippen LogP contribution is -2.46. The van der Waals surface area contributed by atoms with Gasteiger partial charge in [0.2, 0.25) is 25.4 Å². The van der Waals surface area contributed by atoms with Gasteiger partial charge in [-0.15, -0.1) is 0 Å². The monoisotopic (exact) mass is 558 g/mol. The van der Waals surface area contributed by atoms with Crippen LogP contribution in [0.2, 0.25) is 13.1 Å². The molecule has 1 aliphatic rings. The Morgan fingerprint density at radius 2 is 1.79 bits per heavy atom. The van der Waals surface area contributed by atoms with Crippen molar-refractivity contribution in [3.05, 3.63) is 28.5 Å². The van der Waals surface area contributed by atoms with Crippen LogP contribution in [-0.4, -0.2) is 60.9 Å². The van der Waals surface area contributed by atoms with Crippen molar-refractivity contribution in [2.24, 2.45) is 11.3 Å². The highest BCUT2D eigenvalue weighted by atomic mass is 79.9. The highest BCUT2D eigenvalue weighted by Crippen LogP contribution is 2.42. The van der Waals surface area contributed by atoms with Gasteiger partial charge in [0.1, 0.15) is 23.8 Å². The van der Waals surface area contributed by atoms with Gasteiger partial charge in [0.15, 0.2) is 0 Å². The van der Waals surface area contributed by atoms with Crippen molar-refractivity contribution in [2.75, 3.05) is 11.9 Å². The zero-order valence-electron chi connectivity index (χ0n) is 20.1. The Kier molecular flexibility index (Phi) is 9.69. The van der Waals surface area contributed by atoms with Crippen molar-refractivity contribution < 1.29 is 27.6 Å². The van der Waals surface area contributed by atoms with E-state index in [0.717, 1.165) is 0 Å². The minimum absolute atomic E-state index is 0.0546. The second kappa shape index (κ2) is 11.4. The van der Waals surface area contributed by atoms with Gasteiger partial charge in [0.05, 0.1) is 5.69 Å². The fourth-order valence-corrected chi connectivity index (χ4v) is 5.25. The first-order valence-corrected chi connectivity index (χ1v) is 14.3. The van der Waals surface area contributed by atoms with Crippen molar-refractivity contribution in [3.63, 3.8) is 0 Å². The summed E-state index contributed by atoms with van der Waals surface area (Å²) in [5, 5.41) is 2.63. The van der Waals surface area contributed by atoms with Crippen LogP contribution in [-0.2, 0) is 18.4 Å². The first kappa shape index (κ1) is 28.0. The van der Waals surface area contributed by atoms with Gasteiger partial charge in [0, 0.05) is 16.4 Å². The summed E-state index contributed by atoms with van der Waals surface area (Å²) in [5.74, 6) is -1.13. The Hall–Kier alpha value is -1.28. The van der Waals surface area contributed by atoms with E-state index in [4.69, 9.17) is 13.6 Å². The molecule has 2 atom stereocenters. The number of carbonyl (C=O) groups excluding carboxylic acids is 2. The van der Waals surface area contributed by atoms with Gasteiger partial charge in [-0.3, -0.25) is 9.69 Å². The van der Waals surface area contributed by atoms with Crippen molar-refractivity contribution in [1.29, 1.82) is 0 Å². The molecular weight excluding hydrogens is 527 g/mol. The summed E-state index contributed by atoms with van der Waals surface area (Å²) in [6.45, 7) is 13.5. The molecule has 0 spiro atoms. The van der Waals surface area contributed by atoms with E-state index in [9.17, 15) is 14.0 Å². The Morgan fingerprint density at radius 1 is 1.18 bits per heavy atom. The van der Waals surface area contributed by atoms with Crippen LogP contribution in [0.15, 0.2) is 22.7 Å². The van der Waals surface area contributed by atoms with Crippen LogP contribution < -0.4 is 5.32 Å². The number of halogens is 2. The summed E-state index contributed by atoms with van der Waals surface area (Å²) in [5.41, 5.74) is -1.14. The first-order chi connectivity index (χ1) is 15.3. The molecule has 0 unspecified atom stereocenters. The molecule has 2 rings (SSSR count). The van der Waals surface area contributed by atoms with E-state index in [-0.39, 0.29) is 31.1 Å². The molecule has 0 saturated carbocycles. The van der Waals surface area contributed by atoms with Gasteiger partial charge in [-0.05, 0) is 64.4 Å². The van der Waals surface area contributed by atoms with Gasteiger partial charge in [0.25, 0.3) is 0 Å². The van der Waals surface area contributed by atoms with Crippen LogP contribution in [0, 0.1) is 17.2 Å². The van der Waals surface area contributed by atoms with Crippen LogP contribution in [0.1, 0.15) is 41.0 Å². The Labute approximate surface area is 209 Å². The van der Waals surface area contributed by atoms with Crippen LogP contribution in [0.3, 0.4) is 0 Å². The number of hydrogen-bond donors (Lipinski definition) is 1. The van der Waals surface area contributed by atoms with Gasteiger partial charge < -0.3 is 18.9 Å². The lowest BCUT2D eigenvalue weighted by molar-refractivity contribution is -0.120. The largest absolute Gasteiger partial charge is 0.444 e. The van der Waals surface area contributed by atoms with E-state index < -0.39 is 41.2 Å². The fraction of sp³-hybridized carbons (Fsp3) is 0.636. The van der Waals surface area contributed by atoms with E-state index in [1.165, 1.54) is 17.0 Å². The van der Waals surface area contributed by atoms with Gasteiger partial charge in [-0.1, -0.05) is 29.8 Å². The maximum atomic E-state index is 14.3. The maximum absolute atomic E-state index is 14.3. The van der Waals surface area contributed by atoms with Crippen LogP contribution >= 0.6 is 15.9 Å². The number of benzene rings is 1. The molecule has 1 aromatic carbocycles. The fourth-order valence-electron chi connectivity index (χ4n) is 3.69. The van der Waals surface area contributed by atoms with Crippen LogP contribution in [0.4, 0.5) is 14.9 Å². The van der Waals surface area contributed by atoms with E-state index >= 15 is 0 Å². The van der Waals surface area contributed by atoms with Crippen LogP contribution in [0.25, 0.3) is 0 Å². The average molecular weight is 560 g/mol. The molecule has 2 amide bonds. The highest BCUT2D eigenvalue weighted by molar-refractivity contribution is 9.10. The molecule has 0 aromatic heterocycles. The summed E-state index contributed by atoms with van der Waals surface area (Å²) < 4.78 is 32.2. The number of hydrogen-bond acceptors (Lipinski definition) is 5. The highest BCUT2D eigenvalue weighted by Gasteiger charge is 2.49. The number of rotatable bonds is 8.